The lowest BCUT2D eigenvalue weighted by atomic mass is 10.2. The number of hydrogen-bond acceptors (Lipinski definition) is 5. The fourth-order valence-corrected chi connectivity index (χ4v) is 2.78. The molecule has 0 unspecified atom stereocenters. The maximum Gasteiger partial charge on any atom is 0.265 e. The Bertz CT molecular complexity index is 694. The fourth-order valence-electron chi connectivity index (χ4n) is 1.56. The molecule has 0 saturated heterocycles. The van der Waals surface area contributed by atoms with Crippen molar-refractivity contribution in [1.82, 2.24) is 10.2 Å². The minimum Gasteiger partial charge on any atom is -0.497 e. The SMILES string of the molecule is COc1ccc(N)c(NS(=O)(=O)c2cn[nH]c2C)c1. The van der Waals surface area contributed by atoms with E-state index in [-0.39, 0.29) is 10.6 Å². The van der Waals surface area contributed by atoms with Crippen molar-refractivity contribution < 1.29 is 13.2 Å². The van der Waals surface area contributed by atoms with Crippen LogP contribution >= 0.6 is 0 Å². The van der Waals surface area contributed by atoms with Crippen LogP contribution in [0.15, 0.2) is 29.3 Å². The Morgan fingerprint density at radius 1 is 1.42 bits per heavy atom. The molecule has 0 fully saturated rings. The minimum atomic E-state index is -3.73. The van der Waals surface area contributed by atoms with Gasteiger partial charge >= 0.3 is 0 Å². The van der Waals surface area contributed by atoms with E-state index in [1.807, 2.05) is 0 Å². The Labute approximate surface area is 110 Å². The quantitative estimate of drug-likeness (QED) is 0.728. The average Bonchev–Trinajstić information content (AvgIpc) is 2.79. The molecular formula is C11H14N4O3S. The maximum absolute atomic E-state index is 12.2. The van der Waals surface area contributed by atoms with Gasteiger partial charge in [0, 0.05) is 6.07 Å². The number of aryl methyl sites for hydroxylation is 1. The van der Waals surface area contributed by atoms with Crippen molar-refractivity contribution >= 4 is 21.4 Å². The topological polar surface area (TPSA) is 110 Å². The van der Waals surface area contributed by atoms with Crippen LogP contribution in [-0.4, -0.2) is 25.7 Å². The molecule has 0 amide bonds. The largest absolute Gasteiger partial charge is 0.497 e. The normalized spacial score (nSPS) is 11.3. The lowest BCUT2D eigenvalue weighted by Crippen LogP contribution is -2.14. The van der Waals surface area contributed by atoms with Gasteiger partial charge in [-0.15, -0.1) is 0 Å². The first kappa shape index (κ1) is 13.2. The lowest BCUT2D eigenvalue weighted by molar-refractivity contribution is 0.415. The number of nitrogen functional groups attached to an aromatic ring is 1. The standard InChI is InChI=1S/C11H14N4O3S/c1-7-11(6-13-14-7)19(16,17)15-10-5-8(18-2)3-4-9(10)12/h3-6,15H,12H2,1-2H3,(H,13,14). The third-order valence-corrected chi connectivity index (χ3v) is 4.06. The Morgan fingerprint density at radius 3 is 2.74 bits per heavy atom. The van der Waals surface area contributed by atoms with E-state index in [0.29, 0.717) is 17.1 Å². The third-order valence-electron chi connectivity index (χ3n) is 2.58. The van der Waals surface area contributed by atoms with Crippen LogP contribution in [0.2, 0.25) is 0 Å². The van der Waals surface area contributed by atoms with Crippen LogP contribution in [0, 0.1) is 6.92 Å². The van der Waals surface area contributed by atoms with Gasteiger partial charge in [0.15, 0.2) is 0 Å². The van der Waals surface area contributed by atoms with Crippen LogP contribution in [0.1, 0.15) is 5.69 Å². The van der Waals surface area contributed by atoms with E-state index in [4.69, 9.17) is 10.5 Å². The molecule has 8 heteroatoms. The summed E-state index contributed by atoms with van der Waals surface area (Å²) in [4.78, 5) is 0.0784. The number of sulfonamides is 1. The first-order chi connectivity index (χ1) is 8.94. The molecule has 2 rings (SSSR count). The average molecular weight is 282 g/mol. The first-order valence-electron chi connectivity index (χ1n) is 5.40. The first-order valence-corrected chi connectivity index (χ1v) is 6.88. The molecule has 0 aliphatic heterocycles. The smallest absolute Gasteiger partial charge is 0.265 e. The molecule has 7 nitrogen and oxygen atoms in total. The highest BCUT2D eigenvalue weighted by Gasteiger charge is 2.19. The molecule has 1 aromatic heterocycles. The highest BCUT2D eigenvalue weighted by molar-refractivity contribution is 7.92. The van der Waals surface area contributed by atoms with E-state index in [1.165, 1.54) is 19.4 Å². The number of nitrogens with zero attached hydrogens (tertiary/aromatic N) is 1. The number of methoxy groups -OCH3 is 1. The van der Waals surface area contributed by atoms with Crippen molar-refractivity contribution in [3.05, 3.63) is 30.1 Å². The summed E-state index contributed by atoms with van der Waals surface area (Å²) in [5.74, 6) is 0.510. The van der Waals surface area contributed by atoms with Crippen molar-refractivity contribution in [3.8, 4) is 5.75 Å². The number of nitrogens with one attached hydrogen (secondary N) is 2. The molecule has 0 aliphatic rings. The molecule has 1 aromatic carbocycles. The van der Waals surface area contributed by atoms with Gasteiger partial charge in [0.2, 0.25) is 0 Å². The van der Waals surface area contributed by atoms with E-state index in [2.05, 4.69) is 14.9 Å². The van der Waals surface area contributed by atoms with Crippen LogP contribution in [0.25, 0.3) is 0 Å². The van der Waals surface area contributed by atoms with E-state index in [1.54, 1.807) is 19.1 Å². The molecule has 0 saturated carbocycles. The number of nitrogens with two attached hydrogens (primary N) is 1. The summed E-state index contributed by atoms with van der Waals surface area (Å²) in [6.07, 6.45) is 1.24. The van der Waals surface area contributed by atoms with Crippen LogP contribution in [0.4, 0.5) is 11.4 Å². The van der Waals surface area contributed by atoms with Gasteiger partial charge < -0.3 is 10.5 Å². The molecule has 1 heterocycles. The molecule has 0 bridgehead atoms. The predicted octanol–water partition coefficient (Wildman–Crippen LogP) is 1.11. The van der Waals surface area contributed by atoms with Gasteiger partial charge in [0.1, 0.15) is 10.6 Å². The summed E-state index contributed by atoms with van der Waals surface area (Å²) in [7, 11) is -2.24. The number of H-pyrrole nitrogens is 1. The summed E-state index contributed by atoms with van der Waals surface area (Å²) in [5.41, 5.74) is 6.76. The molecule has 0 spiro atoms. The number of ether oxygens (including phenoxy) is 1. The van der Waals surface area contributed by atoms with Crippen LogP contribution in [0.3, 0.4) is 0 Å². The number of hydrogen-bond donors (Lipinski definition) is 3. The summed E-state index contributed by atoms with van der Waals surface area (Å²) >= 11 is 0. The molecule has 19 heavy (non-hydrogen) atoms. The molecule has 0 radical (unpaired) electrons. The van der Waals surface area contributed by atoms with Crippen molar-refractivity contribution in [2.45, 2.75) is 11.8 Å². The Kier molecular flexibility index (Phi) is 3.34. The number of aromatic nitrogens is 2. The van der Waals surface area contributed by atoms with E-state index in [0.717, 1.165) is 0 Å². The predicted molar refractivity (Wildman–Crippen MR) is 71.5 cm³/mol. The van der Waals surface area contributed by atoms with Crippen molar-refractivity contribution in [2.75, 3.05) is 17.6 Å². The number of anilines is 2. The van der Waals surface area contributed by atoms with E-state index >= 15 is 0 Å². The highest BCUT2D eigenvalue weighted by atomic mass is 32.2. The van der Waals surface area contributed by atoms with Crippen LogP contribution < -0.4 is 15.2 Å². The molecule has 2 aromatic rings. The van der Waals surface area contributed by atoms with Crippen molar-refractivity contribution in [1.29, 1.82) is 0 Å². The second-order valence-corrected chi connectivity index (χ2v) is 5.57. The molecule has 102 valence electrons. The minimum absolute atomic E-state index is 0.0784. The highest BCUT2D eigenvalue weighted by Crippen LogP contribution is 2.27. The van der Waals surface area contributed by atoms with Crippen molar-refractivity contribution in [2.24, 2.45) is 0 Å². The molecular weight excluding hydrogens is 268 g/mol. The van der Waals surface area contributed by atoms with E-state index in [9.17, 15) is 8.42 Å². The Balaban J connectivity index is 2.38. The Hall–Kier alpha value is -2.22. The third kappa shape index (κ3) is 2.63. The zero-order valence-corrected chi connectivity index (χ0v) is 11.3. The second kappa shape index (κ2) is 4.81. The summed E-state index contributed by atoms with van der Waals surface area (Å²) < 4.78 is 31.8. The van der Waals surface area contributed by atoms with Crippen LogP contribution in [-0.2, 0) is 10.0 Å². The number of rotatable bonds is 4. The van der Waals surface area contributed by atoms with Crippen molar-refractivity contribution in [3.63, 3.8) is 0 Å². The summed E-state index contributed by atoms with van der Waals surface area (Å²) in [6.45, 7) is 1.62. The zero-order chi connectivity index (χ0) is 14.0. The van der Waals surface area contributed by atoms with Crippen LogP contribution in [0.5, 0.6) is 5.75 Å². The zero-order valence-electron chi connectivity index (χ0n) is 10.5. The van der Waals surface area contributed by atoms with Gasteiger partial charge in [-0.25, -0.2) is 8.42 Å². The van der Waals surface area contributed by atoms with Gasteiger partial charge in [0.25, 0.3) is 10.0 Å². The summed E-state index contributed by atoms with van der Waals surface area (Å²) in [6, 6.07) is 4.73. The van der Waals surface area contributed by atoms with Gasteiger partial charge in [-0.05, 0) is 19.1 Å². The van der Waals surface area contributed by atoms with Gasteiger partial charge in [-0.1, -0.05) is 0 Å². The fraction of sp³-hybridized carbons (Fsp3) is 0.182. The maximum atomic E-state index is 12.2. The number of aromatic amines is 1. The second-order valence-electron chi connectivity index (χ2n) is 3.92. The molecule has 0 atom stereocenters. The molecule has 4 N–H and O–H groups in total. The van der Waals surface area contributed by atoms with Gasteiger partial charge in [-0.3, -0.25) is 9.82 Å². The van der Waals surface area contributed by atoms with Gasteiger partial charge in [0.05, 0.1) is 30.4 Å². The monoisotopic (exact) mass is 282 g/mol. The Morgan fingerprint density at radius 2 is 2.16 bits per heavy atom. The summed E-state index contributed by atoms with van der Waals surface area (Å²) in [5, 5.41) is 6.26. The number of benzene rings is 1. The van der Waals surface area contributed by atoms with Gasteiger partial charge in [-0.2, -0.15) is 5.10 Å². The molecule has 0 aliphatic carbocycles. The lowest BCUT2D eigenvalue weighted by Gasteiger charge is -2.11. The van der Waals surface area contributed by atoms with E-state index < -0.39 is 10.0 Å².